The fourth-order valence-corrected chi connectivity index (χ4v) is 3.58. The predicted octanol–water partition coefficient (Wildman–Crippen LogP) is -0.00313. The first-order chi connectivity index (χ1) is 17.6. The van der Waals surface area contributed by atoms with Crippen molar-refractivity contribution in [3.05, 3.63) is 75.7 Å². The van der Waals surface area contributed by atoms with Crippen LogP contribution in [0.5, 0.6) is 0 Å². The first kappa shape index (κ1) is 26.7. The second-order valence-electron chi connectivity index (χ2n) is 8.54. The zero-order valence-corrected chi connectivity index (χ0v) is 20.6. The molecule has 0 aliphatic heterocycles. The number of benzene rings is 2. The van der Waals surface area contributed by atoms with Crippen LogP contribution >= 0.6 is 0 Å². The van der Waals surface area contributed by atoms with E-state index in [9.17, 15) is 9.59 Å². The Morgan fingerprint density at radius 3 is 2.46 bits per heavy atom. The lowest BCUT2D eigenvalue weighted by molar-refractivity contribution is -0.121. The molecule has 194 valence electrons. The number of aromatic nitrogens is 2. The summed E-state index contributed by atoms with van der Waals surface area (Å²) < 4.78 is 1.32. The summed E-state index contributed by atoms with van der Waals surface area (Å²) in [6.45, 7) is 3.71. The Kier molecular flexibility index (Phi) is 8.43. The number of hydrazine groups is 1. The van der Waals surface area contributed by atoms with Gasteiger partial charge >= 0.3 is 0 Å². The fourth-order valence-electron chi connectivity index (χ4n) is 3.58. The van der Waals surface area contributed by atoms with Crippen molar-refractivity contribution in [2.75, 3.05) is 11.1 Å². The van der Waals surface area contributed by atoms with Crippen molar-refractivity contribution in [2.24, 2.45) is 22.5 Å². The molecule has 0 bridgehead atoms. The van der Waals surface area contributed by atoms with Gasteiger partial charge in [0.2, 0.25) is 5.91 Å². The molecule has 0 unspecified atom stereocenters. The Bertz CT molecular complexity index is 1380. The number of carbonyl (C=O) groups excluding carboxylic acids is 1. The van der Waals surface area contributed by atoms with Crippen molar-refractivity contribution >= 4 is 29.1 Å². The smallest absolute Gasteiger partial charge is 0.294 e. The third-order valence-electron chi connectivity index (χ3n) is 5.33. The first-order valence-corrected chi connectivity index (χ1v) is 11.3. The fraction of sp³-hybridized carbons (Fsp3) is 0.208. The highest BCUT2D eigenvalue weighted by atomic mass is 16.2. The highest BCUT2D eigenvalue weighted by Gasteiger charge is 2.17. The van der Waals surface area contributed by atoms with Gasteiger partial charge < -0.3 is 33.4 Å². The molecule has 0 spiro atoms. The number of nitrogens with zero attached hydrogens (tertiary/aromatic N) is 3. The second-order valence-corrected chi connectivity index (χ2v) is 8.54. The number of nitrogens with two attached hydrogens (primary N) is 4. The monoisotopic (exact) mass is 505 g/mol. The normalized spacial score (nSPS) is 11.3. The quantitative estimate of drug-likeness (QED) is 0.0642. The Hall–Kier alpha value is -4.91. The van der Waals surface area contributed by atoms with Crippen molar-refractivity contribution in [1.29, 1.82) is 5.41 Å². The van der Waals surface area contributed by atoms with E-state index in [-0.39, 0.29) is 36.6 Å². The molecule has 0 saturated heterocycles. The maximum absolute atomic E-state index is 13.3. The molecule has 0 fully saturated rings. The molecule has 2 aromatic carbocycles. The van der Waals surface area contributed by atoms with E-state index in [4.69, 9.17) is 28.6 Å². The van der Waals surface area contributed by atoms with Crippen molar-refractivity contribution in [3.8, 4) is 11.3 Å². The molecule has 0 radical (unpaired) electrons. The number of hydrogen-bond donors (Lipinski definition) is 8. The molecule has 37 heavy (non-hydrogen) atoms. The van der Waals surface area contributed by atoms with E-state index in [2.05, 4.69) is 26.1 Å². The van der Waals surface area contributed by atoms with Gasteiger partial charge in [0.15, 0.2) is 11.7 Å². The number of nitrogen functional groups attached to an aromatic ring is 2. The van der Waals surface area contributed by atoms with Gasteiger partial charge in [0, 0.05) is 35.0 Å². The highest BCUT2D eigenvalue weighted by Crippen LogP contribution is 2.23. The van der Waals surface area contributed by atoms with Gasteiger partial charge in [0.1, 0.15) is 12.4 Å². The Balaban J connectivity index is 1.96. The van der Waals surface area contributed by atoms with E-state index in [1.54, 1.807) is 42.5 Å². The third-order valence-corrected chi connectivity index (χ3v) is 5.33. The largest absolute Gasteiger partial charge is 0.399 e. The number of hydrazone groups is 1. The topological polar surface area (TPSA) is 228 Å². The Morgan fingerprint density at radius 1 is 1.16 bits per heavy atom. The zero-order valence-electron chi connectivity index (χ0n) is 20.6. The van der Waals surface area contributed by atoms with Crippen LogP contribution in [0.1, 0.15) is 30.5 Å². The molecule has 0 saturated carbocycles. The van der Waals surface area contributed by atoms with Gasteiger partial charge in [0.05, 0.1) is 11.9 Å². The van der Waals surface area contributed by atoms with Crippen LogP contribution in [0, 0.1) is 5.41 Å². The van der Waals surface area contributed by atoms with Crippen LogP contribution in [0.15, 0.2) is 58.6 Å². The Morgan fingerprint density at radius 2 is 1.86 bits per heavy atom. The van der Waals surface area contributed by atoms with Crippen LogP contribution in [0.3, 0.4) is 0 Å². The summed E-state index contributed by atoms with van der Waals surface area (Å²) in [5.74, 6) is 10.8. The van der Waals surface area contributed by atoms with Crippen molar-refractivity contribution in [2.45, 2.75) is 33.0 Å². The first-order valence-electron chi connectivity index (χ1n) is 11.3. The molecule has 1 aromatic heterocycles. The molecule has 1 heterocycles. The van der Waals surface area contributed by atoms with E-state index >= 15 is 0 Å². The van der Waals surface area contributed by atoms with Gasteiger partial charge in [-0.1, -0.05) is 24.3 Å². The number of amides is 1. The molecule has 1 amide bonds. The molecule has 3 aromatic rings. The lowest BCUT2D eigenvalue weighted by Crippen LogP contribution is -2.35. The van der Waals surface area contributed by atoms with Gasteiger partial charge in [-0.15, -0.1) is 0 Å². The van der Waals surface area contributed by atoms with Crippen LogP contribution in [-0.2, 0) is 17.9 Å². The van der Waals surface area contributed by atoms with Gasteiger partial charge in [-0.05, 0) is 37.6 Å². The maximum atomic E-state index is 13.3. The van der Waals surface area contributed by atoms with Crippen LogP contribution in [-0.4, -0.2) is 33.2 Å². The average Bonchev–Trinajstić information content (AvgIpc) is 2.85. The second kappa shape index (κ2) is 11.7. The summed E-state index contributed by atoms with van der Waals surface area (Å²) in [6.07, 6.45) is 1.49. The molecule has 13 heteroatoms. The molecular formula is C24H31N11O2. The summed E-state index contributed by atoms with van der Waals surface area (Å²) in [5.41, 5.74) is 16.6. The number of anilines is 2. The van der Waals surface area contributed by atoms with Crippen molar-refractivity contribution in [1.82, 2.24) is 20.3 Å². The minimum atomic E-state index is -0.471. The summed E-state index contributed by atoms with van der Waals surface area (Å²) >= 11 is 0. The SMILES string of the molecule is CC(C)Nc1ncc(-c2cc(N)cc(/C(=N/N)NN)c2)n(CC(=O)NCc2ccc(C(=N)N)cc2)c1=O. The molecule has 3 rings (SSSR count). The van der Waals surface area contributed by atoms with Crippen molar-refractivity contribution < 1.29 is 4.79 Å². The molecule has 12 N–H and O–H groups in total. The van der Waals surface area contributed by atoms with E-state index in [1.807, 2.05) is 13.8 Å². The Labute approximate surface area is 213 Å². The van der Waals surface area contributed by atoms with E-state index in [0.717, 1.165) is 5.56 Å². The van der Waals surface area contributed by atoms with Crippen LogP contribution < -0.4 is 44.8 Å². The lowest BCUT2D eigenvalue weighted by atomic mass is 10.1. The van der Waals surface area contributed by atoms with Gasteiger partial charge in [0.25, 0.3) is 5.56 Å². The summed E-state index contributed by atoms with van der Waals surface area (Å²) in [7, 11) is 0. The zero-order chi connectivity index (χ0) is 27.1. The number of carbonyl (C=O) groups is 1. The lowest BCUT2D eigenvalue weighted by Gasteiger charge is -2.17. The number of hydrogen-bond acceptors (Lipinski definition) is 9. The van der Waals surface area contributed by atoms with E-state index in [1.165, 1.54) is 10.8 Å². The molecule has 0 aliphatic carbocycles. The average molecular weight is 506 g/mol. The van der Waals surface area contributed by atoms with Gasteiger partial charge in [-0.2, -0.15) is 5.10 Å². The van der Waals surface area contributed by atoms with Gasteiger partial charge in [-0.3, -0.25) is 19.6 Å². The summed E-state index contributed by atoms with van der Waals surface area (Å²) in [6, 6.07) is 11.8. The molecule has 0 aliphatic rings. The third kappa shape index (κ3) is 6.61. The molecule has 0 atom stereocenters. The maximum Gasteiger partial charge on any atom is 0.294 e. The van der Waals surface area contributed by atoms with Crippen molar-refractivity contribution in [3.63, 3.8) is 0 Å². The van der Waals surface area contributed by atoms with Gasteiger partial charge in [-0.25, -0.2) is 10.8 Å². The van der Waals surface area contributed by atoms with Crippen LogP contribution in [0.4, 0.5) is 11.5 Å². The minimum absolute atomic E-state index is 0.0391. The summed E-state index contributed by atoms with van der Waals surface area (Å²) in [4.78, 5) is 30.5. The molecular weight excluding hydrogens is 474 g/mol. The predicted molar refractivity (Wildman–Crippen MR) is 144 cm³/mol. The highest BCUT2D eigenvalue weighted by molar-refractivity contribution is 6.00. The number of amidine groups is 2. The number of nitrogens with one attached hydrogen (secondary N) is 4. The van der Waals surface area contributed by atoms with Crippen LogP contribution in [0.25, 0.3) is 11.3 Å². The minimum Gasteiger partial charge on any atom is -0.399 e. The van der Waals surface area contributed by atoms with Crippen LogP contribution in [0.2, 0.25) is 0 Å². The standard InChI is InChI=1S/C24H31N11O2/c1-13(2)32-23-24(37)35(12-20(36)30-10-14-3-5-15(6-4-14)21(26)27)19(11-31-23)16-7-17(9-18(25)8-16)22(33-28)34-29/h3-9,11,13H,10,12,25,28-29H2,1-2H3,(H3,26,27)(H,30,36)(H,31,32)(H,33,34). The molecule has 13 nitrogen and oxygen atoms in total. The summed E-state index contributed by atoms with van der Waals surface area (Å²) in [5, 5.41) is 16.9. The number of rotatable bonds is 9. The van der Waals surface area contributed by atoms with E-state index < -0.39 is 11.5 Å². The van der Waals surface area contributed by atoms with E-state index in [0.29, 0.717) is 28.1 Å².